The fraction of sp³-hybridized carbons (Fsp3) is 0.417. The van der Waals surface area contributed by atoms with Crippen LogP contribution in [0.5, 0.6) is 23.0 Å². The van der Waals surface area contributed by atoms with Crippen LogP contribution in [-0.4, -0.2) is 66.9 Å². The van der Waals surface area contributed by atoms with Gasteiger partial charge in [0.1, 0.15) is 17.6 Å². The number of nitrogens with one attached hydrogen (secondary N) is 2. The summed E-state index contributed by atoms with van der Waals surface area (Å²) in [6.07, 6.45) is 1.99. The molecule has 0 saturated carbocycles. The van der Waals surface area contributed by atoms with Gasteiger partial charge in [-0.15, -0.1) is 0 Å². The van der Waals surface area contributed by atoms with E-state index < -0.39 is 6.09 Å². The zero-order valence-electron chi connectivity index (χ0n) is 27.8. The standard InChI is InChI=1S/C36H46N4O7/c1-6-26(7-2)37-35(42)38-27-10-17-32(33(22-27)45-5)47-30-15-11-28(12-16-30)40(23-24(3)4)34(41)25-8-13-29(14-9-25)46-31-18-20-39(21-19-31)36(43)44/h8-17,22,24,26,31H,6-7,18-21,23H2,1-5H3,(H,43,44)(H2,37,38,42). The lowest BCUT2D eigenvalue weighted by Gasteiger charge is -2.30. The molecule has 11 heteroatoms. The molecular weight excluding hydrogens is 600 g/mol. The van der Waals surface area contributed by atoms with Gasteiger partial charge in [-0.05, 0) is 79.4 Å². The van der Waals surface area contributed by atoms with Crippen molar-refractivity contribution in [3.05, 3.63) is 72.3 Å². The van der Waals surface area contributed by atoms with Crippen molar-refractivity contribution in [3.63, 3.8) is 0 Å². The molecule has 4 rings (SSSR count). The number of urea groups is 1. The minimum atomic E-state index is -0.904. The summed E-state index contributed by atoms with van der Waals surface area (Å²) in [6, 6.07) is 19.4. The molecule has 1 saturated heterocycles. The van der Waals surface area contributed by atoms with E-state index in [1.54, 1.807) is 59.5 Å². The van der Waals surface area contributed by atoms with Crippen molar-refractivity contribution in [1.29, 1.82) is 0 Å². The van der Waals surface area contributed by atoms with Crippen LogP contribution in [0, 0.1) is 5.92 Å². The molecule has 1 fully saturated rings. The highest BCUT2D eigenvalue weighted by molar-refractivity contribution is 6.06. The molecule has 1 heterocycles. The van der Waals surface area contributed by atoms with Crippen LogP contribution >= 0.6 is 0 Å². The van der Waals surface area contributed by atoms with Gasteiger partial charge in [0.15, 0.2) is 11.5 Å². The number of methoxy groups -OCH3 is 1. The van der Waals surface area contributed by atoms with Gasteiger partial charge in [-0.2, -0.15) is 0 Å². The Balaban J connectivity index is 1.40. The maximum absolute atomic E-state index is 13.7. The van der Waals surface area contributed by atoms with Gasteiger partial charge >= 0.3 is 12.1 Å². The first-order chi connectivity index (χ1) is 22.6. The second kappa shape index (κ2) is 16.6. The molecule has 1 aliphatic heterocycles. The number of ether oxygens (including phenoxy) is 3. The zero-order valence-corrected chi connectivity index (χ0v) is 27.8. The summed E-state index contributed by atoms with van der Waals surface area (Å²) in [4.78, 5) is 40.4. The van der Waals surface area contributed by atoms with E-state index in [0.717, 1.165) is 18.5 Å². The Morgan fingerprint density at radius 2 is 1.55 bits per heavy atom. The lowest BCUT2D eigenvalue weighted by molar-refractivity contribution is 0.0894. The number of piperidine rings is 1. The van der Waals surface area contributed by atoms with Crippen LogP contribution in [0.25, 0.3) is 0 Å². The third-order valence-corrected chi connectivity index (χ3v) is 8.03. The number of hydrogen-bond acceptors (Lipinski definition) is 6. The van der Waals surface area contributed by atoms with E-state index in [1.807, 2.05) is 26.0 Å². The number of carbonyl (C=O) groups is 3. The van der Waals surface area contributed by atoms with Crippen LogP contribution in [0.2, 0.25) is 0 Å². The molecule has 0 bridgehead atoms. The lowest BCUT2D eigenvalue weighted by Crippen LogP contribution is -2.41. The monoisotopic (exact) mass is 646 g/mol. The second-order valence-electron chi connectivity index (χ2n) is 12.0. The van der Waals surface area contributed by atoms with E-state index in [-0.39, 0.29) is 30.0 Å². The molecule has 3 N–H and O–H groups in total. The molecule has 0 aliphatic carbocycles. The summed E-state index contributed by atoms with van der Waals surface area (Å²) >= 11 is 0. The van der Waals surface area contributed by atoms with Crippen molar-refractivity contribution in [2.45, 2.75) is 65.5 Å². The molecule has 4 amide bonds. The number of carbonyl (C=O) groups excluding carboxylic acids is 2. The number of carboxylic acid groups (broad SMARTS) is 1. The summed E-state index contributed by atoms with van der Waals surface area (Å²) < 4.78 is 17.7. The van der Waals surface area contributed by atoms with Gasteiger partial charge in [0.2, 0.25) is 0 Å². The van der Waals surface area contributed by atoms with Crippen LogP contribution in [-0.2, 0) is 0 Å². The van der Waals surface area contributed by atoms with E-state index >= 15 is 0 Å². The topological polar surface area (TPSA) is 130 Å². The van der Waals surface area contributed by atoms with Crippen molar-refractivity contribution < 1.29 is 33.7 Å². The maximum Gasteiger partial charge on any atom is 0.407 e. The highest BCUT2D eigenvalue weighted by Gasteiger charge is 2.24. The molecule has 3 aromatic rings. The van der Waals surface area contributed by atoms with E-state index in [4.69, 9.17) is 19.3 Å². The van der Waals surface area contributed by atoms with E-state index in [9.17, 15) is 14.4 Å². The van der Waals surface area contributed by atoms with Gasteiger partial charge in [0.25, 0.3) is 5.91 Å². The van der Waals surface area contributed by atoms with Crippen molar-refractivity contribution in [1.82, 2.24) is 10.2 Å². The average molecular weight is 647 g/mol. The fourth-order valence-electron chi connectivity index (χ4n) is 5.36. The fourth-order valence-corrected chi connectivity index (χ4v) is 5.36. The lowest BCUT2D eigenvalue weighted by atomic mass is 10.1. The molecule has 0 spiro atoms. The van der Waals surface area contributed by atoms with Crippen LogP contribution in [0.15, 0.2) is 66.7 Å². The van der Waals surface area contributed by atoms with Crippen molar-refractivity contribution >= 4 is 29.4 Å². The van der Waals surface area contributed by atoms with E-state index in [0.29, 0.717) is 66.7 Å². The Kier molecular flexibility index (Phi) is 12.3. The summed E-state index contributed by atoms with van der Waals surface area (Å²) in [7, 11) is 1.54. The smallest absolute Gasteiger partial charge is 0.407 e. The predicted octanol–water partition coefficient (Wildman–Crippen LogP) is 7.62. The maximum atomic E-state index is 13.7. The highest BCUT2D eigenvalue weighted by atomic mass is 16.5. The minimum Gasteiger partial charge on any atom is -0.493 e. The molecule has 0 aromatic heterocycles. The Morgan fingerprint density at radius 1 is 0.915 bits per heavy atom. The molecule has 3 aromatic carbocycles. The third-order valence-electron chi connectivity index (χ3n) is 8.03. The number of rotatable bonds is 13. The largest absolute Gasteiger partial charge is 0.493 e. The number of benzene rings is 3. The molecule has 47 heavy (non-hydrogen) atoms. The van der Waals surface area contributed by atoms with Crippen LogP contribution in [0.4, 0.5) is 21.0 Å². The van der Waals surface area contributed by atoms with Crippen LogP contribution < -0.4 is 29.7 Å². The molecule has 11 nitrogen and oxygen atoms in total. The van der Waals surface area contributed by atoms with Crippen molar-refractivity contribution in [2.24, 2.45) is 5.92 Å². The quantitative estimate of drug-likeness (QED) is 0.174. The summed E-state index contributed by atoms with van der Waals surface area (Å²) in [5.74, 6) is 2.25. The SMILES string of the molecule is CCC(CC)NC(=O)Nc1ccc(Oc2ccc(N(CC(C)C)C(=O)c3ccc(OC4CCN(C(=O)O)CC4)cc3)cc2)c(OC)c1. The van der Waals surface area contributed by atoms with Crippen LogP contribution in [0.3, 0.4) is 0 Å². The Bertz CT molecular complexity index is 1480. The normalized spacial score (nSPS) is 13.3. The van der Waals surface area contributed by atoms with Crippen molar-refractivity contribution in [2.75, 3.05) is 37.0 Å². The van der Waals surface area contributed by atoms with E-state index in [2.05, 4.69) is 24.5 Å². The minimum absolute atomic E-state index is 0.0642. The van der Waals surface area contributed by atoms with Gasteiger partial charge in [-0.25, -0.2) is 9.59 Å². The van der Waals surface area contributed by atoms with Crippen LogP contribution in [0.1, 0.15) is 63.7 Å². The number of nitrogens with zero attached hydrogens (tertiary/aromatic N) is 2. The molecule has 1 aliphatic rings. The first-order valence-electron chi connectivity index (χ1n) is 16.2. The van der Waals surface area contributed by atoms with Gasteiger partial charge < -0.3 is 39.8 Å². The van der Waals surface area contributed by atoms with Gasteiger partial charge in [0, 0.05) is 61.5 Å². The zero-order chi connectivity index (χ0) is 33.9. The summed E-state index contributed by atoms with van der Waals surface area (Å²) in [6.45, 7) is 9.60. The average Bonchev–Trinajstić information content (AvgIpc) is 3.07. The van der Waals surface area contributed by atoms with Gasteiger partial charge in [-0.1, -0.05) is 27.7 Å². The molecule has 0 unspecified atom stereocenters. The highest BCUT2D eigenvalue weighted by Crippen LogP contribution is 2.35. The summed E-state index contributed by atoms with van der Waals surface area (Å²) in [5, 5.41) is 15.0. The molecule has 252 valence electrons. The number of likely N-dealkylation sites (tertiary alicyclic amines) is 1. The van der Waals surface area contributed by atoms with Crippen molar-refractivity contribution in [3.8, 4) is 23.0 Å². The first kappa shape index (κ1) is 34.9. The number of amides is 4. The number of hydrogen-bond donors (Lipinski definition) is 3. The Hall–Kier alpha value is -4.93. The second-order valence-corrected chi connectivity index (χ2v) is 12.0. The van der Waals surface area contributed by atoms with Gasteiger partial charge in [-0.3, -0.25) is 4.79 Å². The van der Waals surface area contributed by atoms with E-state index in [1.165, 1.54) is 12.0 Å². The third kappa shape index (κ3) is 9.78. The molecule has 0 atom stereocenters. The molecule has 0 radical (unpaired) electrons. The Labute approximate surface area is 276 Å². The van der Waals surface area contributed by atoms with Gasteiger partial charge in [0.05, 0.1) is 7.11 Å². The Morgan fingerprint density at radius 3 is 2.13 bits per heavy atom. The summed E-state index contributed by atoms with van der Waals surface area (Å²) in [5.41, 5.74) is 1.85. The predicted molar refractivity (Wildman–Crippen MR) is 182 cm³/mol. The molecular formula is C36H46N4O7. The number of anilines is 2. The first-order valence-corrected chi connectivity index (χ1v) is 16.2.